The SMILES string of the molecule is C=CCN(C(=O)C1N([C@@H](CO)C(C)C)C(=O)[C@@H]2[C@H](C(=O)N(CC=C)c3ccccc3)[C@]3(C)CCC12O3)c1ccc(Cl)cc1. The van der Waals surface area contributed by atoms with Crippen molar-refractivity contribution in [3.05, 3.63) is 84.9 Å². The monoisotopic (exact) mass is 605 g/mol. The number of likely N-dealkylation sites (tertiary alicyclic amines) is 1. The van der Waals surface area contributed by atoms with E-state index < -0.39 is 35.1 Å². The van der Waals surface area contributed by atoms with Gasteiger partial charge in [-0.05, 0) is 62.1 Å². The minimum Gasteiger partial charge on any atom is -0.394 e. The van der Waals surface area contributed by atoms with E-state index in [0.29, 0.717) is 29.2 Å². The molecule has 43 heavy (non-hydrogen) atoms. The van der Waals surface area contributed by atoms with Gasteiger partial charge in [-0.3, -0.25) is 14.4 Å². The van der Waals surface area contributed by atoms with E-state index in [1.54, 1.807) is 46.2 Å². The van der Waals surface area contributed by atoms with Gasteiger partial charge in [0.25, 0.3) is 5.91 Å². The Hall–Kier alpha value is -3.46. The summed E-state index contributed by atoms with van der Waals surface area (Å²) in [5.74, 6) is -2.81. The van der Waals surface area contributed by atoms with Gasteiger partial charge < -0.3 is 24.5 Å². The van der Waals surface area contributed by atoms with Crippen molar-refractivity contribution in [2.24, 2.45) is 17.8 Å². The van der Waals surface area contributed by atoms with Gasteiger partial charge in [0.15, 0.2) is 0 Å². The fraction of sp³-hybridized carbons (Fsp3) is 0.441. The van der Waals surface area contributed by atoms with Crippen LogP contribution < -0.4 is 9.80 Å². The maximum absolute atomic E-state index is 14.8. The number of aliphatic hydroxyl groups excluding tert-OH is 1. The number of para-hydroxylation sites is 1. The summed E-state index contributed by atoms with van der Waals surface area (Å²) in [7, 11) is 0. The number of nitrogens with zero attached hydrogens (tertiary/aromatic N) is 3. The van der Waals surface area contributed by atoms with E-state index in [-0.39, 0.29) is 43.3 Å². The van der Waals surface area contributed by atoms with Gasteiger partial charge in [0.05, 0.1) is 30.1 Å². The van der Waals surface area contributed by atoms with Gasteiger partial charge in [-0.15, -0.1) is 13.2 Å². The highest BCUT2D eigenvalue weighted by Crippen LogP contribution is 2.64. The van der Waals surface area contributed by atoms with Crippen LogP contribution in [0.2, 0.25) is 5.02 Å². The summed E-state index contributed by atoms with van der Waals surface area (Å²) in [4.78, 5) is 48.7. The molecule has 3 saturated heterocycles. The molecule has 2 aromatic rings. The van der Waals surface area contributed by atoms with Crippen molar-refractivity contribution >= 4 is 40.7 Å². The molecule has 0 aromatic heterocycles. The van der Waals surface area contributed by atoms with Crippen LogP contribution in [0.15, 0.2) is 79.9 Å². The average Bonchev–Trinajstić information content (AvgIpc) is 3.56. The predicted octanol–water partition coefficient (Wildman–Crippen LogP) is 4.86. The van der Waals surface area contributed by atoms with Crippen LogP contribution in [0.3, 0.4) is 0 Å². The summed E-state index contributed by atoms with van der Waals surface area (Å²) in [5.41, 5.74) is -0.905. The number of hydrogen-bond acceptors (Lipinski definition) is 5. The maximum atomic E-state index is 14.8. The van der Waals surface area contributed by atoms with Crippen molar-refractivity contribution in [3.8, 4) is 0 Å². The Morgan fingerprint density at radius 2 is 1.60 bits per heavy atom. The summed E-state index contributed by atoms with van der Waals surface area (Å²) in [6.45, 7) is 13.5. The van der Waals surface area contributed by atoms with Crippen LogP contribution in [0.4, 0.5) is 11.4 Å². The molecule has 0 radical (unpaired) electrons. The van der Waals surface area contributed by atoms with E-state index >= 15 is 0 Å². The Morgan fingerprint density at radius 3 is 2.16 bits per heavy atom. The van der Waals surface area contributed by atoms with Gasteiger partial charge in [0, 0.05) is 29.5 Å². The molecule has 0 saturated carbocycles. The number of hydrogen-bond donors (Lipinski definition) is 1. The first-order chi connectivity index (χ1) is 20.5. The third-order valence-corrected chi connectivity index (χ3v) is 9.64. The lowest BCUT2D eigenvalue weighted by Crippen LogP contribution is -2.60. The van der Waals surface area contributed by atoms with E-state index in [1.807, 2.05) is 51.1 Å². The van der Waals surface area contributed by atoms with Crippen molar-refractivity contribution in [1.29, 1.82) is 0 Å². The van der Waals surface area contributed by atoms with Crippen LogP contribution in [0.1, 0.15) is 33.6 Å². The zero-order valence-corrected chi connectivity index (χ0v) is 25.7. The van der Waals surface area contributed by atoms with Crippen LogP contribution in [-0.4, -0.2) is 70.7 Å². The number of halogens is 1. The topological polar surface area (TPSA) is 90.4 Å². The lowest BCUT2D eigenvalue weighted by atomic mass is 9.66. The zero-order valence-electron chi connectivity index (χ0n) is 25.0. The molecular weight excluding hydrogens is 566 g/mol. The molecule has 228 valence electrons. The summed E-state index contributed by atoms with van der Waals surface area (Å²) < 4.78 is 6.85. The minimum absolute atomic E-state index is 0.161. The molecule has 1 N–H and O–H groups in total. The Morgan fingerprint density at radius 1 is 1.02 bits per heavy atom. The van der Waals surface area contributed by atoms with Gasteiger partial charge in [-0.2, -0.15) is 0 Å². The molecular formula is C34H40ClN3O5. The van der Waals surface area contributed by atoms with E-state index in [9.17, 15) is 19.5 Å². The first-order valence-corrected chi connectivity index (χ1v) is 15.2. The van der Waals surface area contributed by atoms with E-state index in [1.165, 1.54) is 4.90 Å². The smallest absolute Gasteiger partial charge is 0.253 e. The number of carbonyl (C=O) groups excluding carboxylic acids is 3. The second kappa shape index (κ2) is 11.9. The molecule has 0 aliphatic carbocycles. The average molecular weight is 606 g/mol. The first kappa shape index (κ1) is 31.0. The van der Waals surface area contributed by atoms with Crippen molar-refractivity contribution in [1.82, 2.24) is 4.90 Å². The normalized spacial score (nSPS) is 28.1. The fourth-order valence-corrected chi connectivity index (χ4v) is 7.57. The van der Waals surface area contributed by atoms with Crippen molar-refractivity contribution in [2.75, 3.05) is 29.5 Å². The fourth-order valence-electron chi connectivity index (χ4n) is 7.44. The van der Waals surface area contributed by atoms with Gasteiger partial charge >= 0.3 is 0 Å². The highest BCUT2D eigenvalue weighted by Gasteiger charge is 2.79. The van der Waals surface area contributed by atoms with Gasteiger partial charge in [-0.25, -0.2) is 0 Å². The third-order valence-electron chi connectivity index (χ3n) is 9.39. The summed E-state index contributed by atoms with van der Waals surface area (Å²) in [6, 6.07) is 14.5. The molecule has 5 rings (SSSR count). The lowest BCUT2D eigenvalue weighted by molar-refractivity contribution is -0.149. The number of amides is 3. The van der Waals surface area contributed by atoms with Crippen LogP contribution in [-0.2, 0) is 19.1 Å². The molecule has 8 nitrogen and oxygen atoms in total. The minimum atomic E-state index is -1.24. The van der Waals surface area contributed by atoms with Gasteiger partial charge in [-0.1, -0.05) is 55.8 Å². The number of fused-ring (bicyclic) bond motifs is 1. The highest BCUT2D eigenvalue weighted by molar-refractivity contribution is 6.30. The molecule has 9 heteroatoms. The van der Waals surface area contributed by atoms with Crippen molar-refractivity contribution in [3.63, 3.8) is 0 Å². The Labute approximate surface area is 258 Å². The molecule has 3 amide bonds. The summed E-state index contributed by atoms with van der Waals surface area (Å²) >= 11 is 6.15. The largest absolute Gasteiger partial charge is 0.394 e. The number of anilines is 2. The number of rotatable bonds is 11. The number of aliphatic hydroxyl groups is 1. The van der Waals surface area contributed by atoms with Crippen LogP contribution >= 0.6 is 11.6 Å². The van der Waals surface area contributed by atoms with Crippen molar-refractivity contribution < 1.29 is 24.2 Å². The molecule has 3 aliphatic rings. The Balaban J connectivity index is 1.64. The standard InChI is InChI=1S/C34H40ClN3O5/c1-6-19-36(24-11-9-8-10-12-24)30(40)27-28-31(41)38(26(21-39)22(3)4)29(34(28)18-17-33(27,5)43-34)32(42)37(20-7-2)25-15-13-23(35)14-16-25/h6-16,22,26-29,39H,1-2,17-21H2,3-5H3/t26-,27+,28-,29?,33-,34?/m0/s1. The number of benzene rings is 2. The van der Waals surface area contributed by atoms with E-state index in [0.717, 1.165) is 0 Å². The molecule has 3 heterocycles. The maximum Gasteiger partial charge on any atom is 0.253 e. The van der Waals surface area contributed by atoms with Gasteiger partial charge in [0.1, 0.15) is 11.6 Å². The Kier molecular flexibility index (Phi) is 8.58. The van der Waals surface area contributed by atoms with E-state index in [2.05, 4.69) is 13.2 Å². The molecule has 2 bridgehead atoms. The second-order valence-electron chi connectivity index (χ2n) is 12.3. The lowest BCUT2D eigenvalue weighted by Gasteiger charge is -2.40. The second-order valence-corrected chi connectivity index (χ2v) is 12.7. The van der Waals surface area contributed by atoms with Crippen LogP contribution in [0.5, 0.6) is 0 Å². The summed E-state index contributed by atoms with van der Waals surface area (Å²) in [6.07, 6.45) is 4.23. The molecule has 2 unspecified atom stereocenters. The molecule has 3 aliphatic heterocycles. The van der Waals surface area contributed by atoms with Crippen molar-refractivity contribution in [2.45, 2.75) is 56.9 Å². The molecule has 2 aromatic carbocycles. The van der Waals surface area contributed by atoms with Crippen LogP contribution in [0.25, 0.3) is 0 Å². The molecule has 3 fully saturated rings. The zero-order chi connectivity index (χ0) is 31.1. The Bertz CT molecular complexity index is 1400. The first-order valence-electron chi connectivity index (χ1n) is 14.8. The quantitative estimate of drug-likeness (QED) is 0.370. The van der Waals surface area contributed by atoms with Gasteiger partial charge in [0.2, 0.25) is 11.8 Å². The highest BCUT2D eigenvalue weighted by atomic mass is 35.5. The number of ether oxygens (including phenoxy) is 1. The molecule has 6 atom stereocenters. The number of carbonyl (C=O) groups is 3. The predicted molar refractivity (Wildman–Crippen MR) is 168 cm³/mol. The van der Waals surface area contributed by atoms with E-state index in [4.69, 9.17) is 16.3 Å². The molecule has 1 spiro atoms. The third kappa shape index (κ3) is 4.99. The summed E-state index contributed by atoms with van der Waals surface area (Å²) in [5, 5.41) is 11.1. The van der Waals surface area contributed by atoms with Crippen LogP contribution in [0, 0.1) is 17.8 Å².